The molecular formula is C35H34N6O4S. The van der Waals surface area contributed by atoms with Crippen LogP contribution < -0.4 is 25.2 Å². The quantitative estimate of drug-likeness (QED) is 0.167. The number of urea groups is 1. The number of aryl methyl sites for hydroxylation is 1. The third-order valence-electron chi connectivity index (χ3n) is 7.86. The lowest BCUT2D eigenvalue weighted by atomic mass is 9.92. The molecule has 6 rings (SSSR count). The molecule has 2 aliphatic rings. The Balaban J connectivity index is 1.45. The number of amides is 4. The molecule has 0 aliphatic carbocycles. The second-order valence-electron chi connectivity index (χ2n) is 12.5. The minimum absolute atomic E-state index is 0.134. The van der Waals surface area contributed by atoms with Crippen LogP contribution in [-0.2, 0) is 9.59 Å². The number of carbonyl (C=O) groups is 3. The number of thiophene rings is 1. The van der Waals surface area contributed by atoms with Crippen molar-refractivity contribution in [1.82, 2.24) is 10.3 Å². The first-order chi connectivity index (χ1) is 22.1. The molecule has 0 atom stereocenters. The van der Waals surface area contributed by atoms with Crippen molar-refractivity contribution < 1.29 is 19.1 Å². The maximum absolute atomic E-state index is 14.1. The molecule has 4 amide bonds. The van der Waals surface area contributed by atoms with E-state index in [0.717, 1.165) is 21.8 Å². The number of hydrogen-bond acceptors (Lipinski definition) is 8. The third kappa shape index (κ3) is 5.97. The molecule has 0 spiro atoms. The van der Waals surface area contributed by atoms with Crippen LogP contribution in [0.25, 0.3) is 10.2 Å². The lowest BCUT2D eigenvalue weighted by Crippen LogP contribution is -2.45. The largest absolute Gasteiger partial charge is 0.457 e. The van der Waals surface area contributed by atoms with Gasteiger partial charge in [-0.25, -0.2) is 14.7 Å². The fourth-order valence-electron chi connectivity index (χ4n) is 5.77. The summed E-state index contributed by atoms with van der Waals surface area (Å²) in [7, 11) is 0. The lowest BCUT2D eigenvalue weighted by Gasteiger charge is -2.31. The van der Waals surface area contributed by atoms with Gasteiger partial charge in [0.1, 0.15) is 33.0 Å². The van der Waals surface area contributed by atoms with Gasteiger partial charge in [-0.05, 0) is 80.2 Å². The van der Waals surface area contributed by atoms with Crippen LogP contribution in [0, 0.1) is 29.6 Å². The van der Waals surface area contributed by atoms with E-state index in [1.54, 1.807) is 29.3 Å². The maximum Gasteiger partial charge on any atom is 0.331 e. The number of benzene rings is 2. The monoisotopic (exact) mass is 634 g/mol. The number of anilines is 4. The molecule has 4 aromatic rings. The molecule has 0 bridgehead atoms. The van der Waals surface area contributed by atoms with E-state index < -0.39 is 29.2 Å². The van der Waals surface area contributed by atoms with Crippen LogP contribution in [0.15, 0.2) is 72.4 Å². The molecule has 2 N–H and O–H groups in total. The Kier molecular flexibility index (Phi) is 8.34. The summed E-state index contributed by atoms with van der Waals surface area (Å²) in [5.74, 6) is -0.198. The summed E-state index contributed by atoms with van der Waals surface area (Å²) < 4.78 is 6.00. The van der Waals surface area contributed by atoms with Gasteiger partial charge in [-0.2, -0.15) is 5.26 Å². The van der Waals surface area contributed by atoms with Gasteiger partial charge in [0, 0.05) is 12.1 Å². The Labute approximate surface area is 271 Å². The van der Waals surface area contributed by atoms with Gasteiger partial charge in [0.05, 0.1) is 22.4 Å². The van der Waals surface area contributed by atoms with Crippen LogP contribution >= 0.6 is 11.3 Å². The van der Waals surface area contributed by atoms with Gasteiger partial charge < -0.3 is 15.4 Å². The summed E-state index contributed by atoms with van der Waals surface area (Å²) in [6, 6.07) is 18.2. The number of ether oxygens (including phenoxy) is 1. The standard InChI is InChI=1S/C35H34N6O4S/c1-21-18-25(45-24-8-6-5-7-9-24)10-11-26(21)40-27-14-17-38-30-28(27)29(39-34(40)44)33(46-30)41(31(42)22-12-15-37-16-13-22)32(43)23(20-36)19-35(2,3)4/h5-11,14,17-19,22,37H,12-13,15-16H2,1-4H3,(H,39,44)/b23-19+. The molecule has 4 heterocycles. The van der Waals surface area contributed by atoms with Crippen molar-refractivity contribution >= 4 is 61.5 Å². The molecule has 2 aliphatic heterocycles. The van der Waals surface area contributed by atoms with Crippen LogP contribution in [0.1, 0.15) is 39.2 Å². The number of nitriles is 1. The molecule has 0 radical (unpaired) electrons. The van der Waals surface area contributed by atoms with Crippen LogP contribution in [0.3, 0.4) is 0 Å². The fraction of sp³-hybridized carbons (Fsp3) is 0.286. The SMILES string of the molecule is Cc1cc(Oc2ccccc2)ccc1N1C(=O)Nc2c(N(C(=O)/C(C#N)=C/C(C)(C)C)C(=O)C3CCNCC3)sc3nccc1c23. The second-order valence-corrected chi connectivity index (χ2v) is 13.4. The highest BCUT2D eigenvalue weighted by Crippen LogP contribution is 2.51. The maximum atomic E-state index is 14.1. The minimum atomic E-state index is -0.716. The van der Waals surface area contributed by atoms with Crippen LogP contribution in [0.2, 0.25) is 0 Å². The Hall–Kier alpha value is -5.05. The first-order valence-corrected chi connectivity index (χ1v) is 16.0. The molecular weight excluding hydrogens is 600 g/mol. The number of piperidine rings is 1. The van der Waals surface area contributed by atoms with Crippen molar-refractivity contribution in [2.75, 3.05) is 28.2 Å². The molecule has 46 heavy (non-hydrogen) atoms. The molecule has 11 heteroatoms. The number of imide groups is 1. The highest BCUT2D eigenvalue weighted by Gasteiger charge is 2.39. The topological polar surface area (TPSA) is 128 Å². The smallest absolute Gasteiger partial charge is 0.331 e. The van der Waals surface area contributed by atoms with Gasteiger partial charge in [0.2, 0.25) is 5.91 Å². The fourth-order valence-corrected chi connectivity index (χ4v) is 6.90. The minimum Gasteiger partial charge on any atom is -0.457 e. The van der Waals surface area contributed by atoms with E-state index >= 15 is 0 Å². The average molecular weight is 635 g/mol. The van der Waals surface area contributed by atoms with Crippen molar-refractivity contribution in [2.24, 2.45) is 11.3 Å². The van der Waals surface area contributed by atoms with E-state index in [9.17, 15) is 19.6 Å². The van der Waals surface area contributed by atoms with E-state index in [1.165, 1.54) is 0 Å². The first kappa shape index (κ1) is 31.0. The average Bonchev–Trinajstić information content (AvgIpc) is 3.39. The first-order valence-electron chi connectivity index (χ1n) is 15.1. The number of pyridine rings is 1. The number of para-hydroxylation sites is 1. The molecule has 2 aromatic carbocycles. The zero-order chi connectivity index (χ0) is 32.6. The molecule has 2 aromatic heterocycles. The van der Waals surface area contributed by atoms with Crippen molar-refractivity contribution in [3.05, 3.63) is 78.0 Å². The number of hydrogen-bond donors (Lipinski definition) is 2. The Morgan fingerprint density at radius 2 is 1.83 bits per heavy atom. The zero-order valence-electron chi connectivity index (χ0n) is 26.1. The van der Waals surface area contributed by atoms with Crippen molar-refractivity contribution in [3.8, 4) is 17.6 Å². The number of nitrogens with zero attached hydrogens (tertiary/aromatic N) is 4. The van der Waals surface area contributed by atoms with Gasteiger partial charge in [0.15, 0.2) is 0 Å². The van der Waals surface area contributed by atoms with E-state index in [2.05, 4.69) is 15.6 Å². The molecule has 1 fully saturated rings. The molecule has 1 saturated heterocycles. The Bertz CT molecular complexity index is 1910. The summed E-state index contributed by atoms with van der Waals surface area (Å²) >= 11 is 1.14. The zero-order valence-corrected chi connectivity index (χ0v) is 26.9. The van der Waals surface area contributed by atoms with Gasteiger partial charge in [-0.1, -0.05) is 56.4 Å². The Morgan fingerprint density at radius 1 is 1.09 bits per heavy atom. The molecule has 10 nitrogen and oxygen atoms in total. The summed E-state index contributed by atoms with van der Waals surface area (Å²) in [6.07, 6.45) is 4.30. The normalized spacial score (nSPS) is 15.3. The van der Waals surface area contributed by atoms with E-state index in [0.29, 0.717) is 64.7 Å². The Morgan fingerprint density at radius 3 is 2.50 bits per heavy atom. The van der Waals surface area contributed by atoms with E-state index in [-0.39, 0.29) is 10.6 Å². The van der Waals surface area contributed by atoms with Crippen molar-refractivity contribution in [2.45, 2.75) is 40.5 Å². The number of allylic oxidation sites excluding steroid dienone is 1. The van der Waals surface area contributed by atoms with Gasteiger partial charge in [0.25, 0.3) is 5.91 Å². The molecule has 234 valence electrons. The van der Waals surface area contributed by atoms with Gasteiger partial charge in [-0.3, -0.25) is 14.5 Å². The van der Waals surface area contributed by atoms with Gasteiger partial charge in [-0.15, -0.1) is 0 Å². The molecule has 0 unspecified atom stereocenters. The van der Waals surface area contributed by atoms with Gasteiger partial charge >= 0.3 is 6.03 Å². The lowest BCUT2D eigenvalue weighted by molar-refractivity contribution is -0.127. The molecule has 0 saturated carbocycles. The van der Waals surface area contributed by atoms with Crippen molar-refractivity contribution in [1.29, 1.82) is 5.26 Å². The van der Waals surface area contributed by atoms with E-state index in [4.69, 9.17) is 4.74 Å². The predicted octanol–water partition coefficient (Wildman–Crippen LogP) is 7.44. The van der Waals surface area contributed by atoms with Crippen molar-refractivity contribution in [3.63, 3.8) is 0 Å². The number of carbonyl (C=O) groups excluding carboxylic acids is 3. The van der Waals surface area contributed by atoms with Crippen LogP contribution in [0.4, 0.5) is 26.9 Å². The third-order valence-corrected chi connectivity index (χ3v) is 8.94. The second kappa shape index (κ2) is 12.4. The number of aromatic nitrogens is 1. The number of nitrogens with one attached hydrogen (secondary N) is 2. The summed E-state index contributed by atoms with van der Waals surface area (Å²) in [6.45, 7) is 8.84. The summed E-state index contributed by atoms with van der Waals surface area (Å²) in [5, 5.41) is 17.1. The van der Waals surface area contributed by atoms with Crippen LogP contribution in [-0.4, -0.2) is 35.9 Å². The van der Waals surface area contributed by atoms with Crippen LogP contribution in [0.5, 0.6) is 11.5 Å². The highest BCUT2D eigenvalue weighted by atomic mass is 32.1. The predicted molar refractivity (Wildman–Crippen MR) is 180 cm³/mol. The number of rotatable bonds is 6. The van der Waals surface area contributed by atoms with E-state index in [1.807, 2.05) is 76.2 Å². The summed E-state index contributed by atoms with van der Waals surface area (Å²) in [4.78, 5) is 49.9. The summed E-state index contributed by atoms with van der Waals surface area (Å²) in [5.41, 5.74) is 1.72. The highest BCUT2D eigenvalue weighted by molar-refractivity contribution is 7.24.